The van der Waals surface area contributed by atoms with E-state index in [9.17, 15) is 24.3 Å². The second-order valence-electron chi connectivity index (χ2n) is 8.74. The van der Waals surface area contributed by atoms with Crippen molar-refractivity contribution in [1.82, 2.24) is 10.2 Å². The molecule has 198 valence electrons. The summed E-state index contributed by atoms with van der Waals surface area (Å²) in [7, 11) is 0. The molecule has 10 nitrogen and oxygen atoms in total. The van der Waals surface area contributed by atoms with Gasteiger partial charge in [-0.25, -0.2) is 0 Å². The van der Waals surface area contributed by atoms with Crippen LogP contribution in [0.4, 0.5) is 0 Å². The Labute approximate surface area is 216 Å². The van der Waals surface area contributed by atoms with Crippen molar-refractivity contribution in [2.24, 2.45) is 5.73 Å². The molecular formula is C27H34N4O6. The van der Waals surface area contributed by atoms with Crippen molar-refractivity contribution in [2.45, 2.75) is 51.0 Å². The molecule has 2 amide bonds. The molecular weight excluding hydrogens is 476 g/mol. The van der Waals surface area contributed by atoms with Gasteiger partial charge in [0.05, 0.1) is 12.8 Å². The molecule has 0 saturated carbocycles. The van der Waals surface area contributed by atoms with Gasteiger partial charge in [0, 0.05) is 25.1 Å². The van der Waals surface area contributed by atoms with Gasteiger partial charge in [-0.1, -0.05) is 54.6 Å². The molecule has 2 aromatic rings. The Morgan fingerprint density at radius 3 is 2.08 bits per heavy atom. The molecule has 0 aliphatic rings. The van der Waals surface area contributed by atoms with E-state index in [1.165, 1.54) is 4.90 Å². The molecule has 1 atom stereocenters. The molecule has 0 bridgehead atoms. The average Bonchev–Trinajstić information content (AvgIpc) is 2.86. The summed E-state index contributed by atoms with van der Waals surface area (Å²) in [5.41, 5.74) is 8.08. The van der Waals surface area contributed by atoms with Crippen LogP contribution in [0.2, 0.25) is 0 Å². The van der Waals surface area contributed by atoms with Crippen LogP contribution in [0.25, 0.3) is 0 Å². The molecule has 0 aliphatic carbocycles. The number of benzene rings is 2. The molecule has 0 fully saturated rings. The van der Waals surface area contributed by atoms with Crippen LogP contribution in [0.3, 0.4) is 0 Å². The number of carboxylic acids is 2. The molecule has 2 rings (SSSR count). The SMILES string of the molecule is N=C(N)c1ccc(CCCCC(=O)N[C@@H](CC(=O)O)C(=O)N(CCC(=O)O)CCc2ccccc2)cc1. The first-order chi connectivity index (χ1) is 17.7. The first-order valence-corrected chi connectivity index (χ1v) is 12.1. The number of unbranched alkanes of at least 4 members (excludes halogenated alkanes) is 1. The number of nitrogens with two attached hydrogens (primary N) is 1. The summed E-state index contributed by atoms with van der Waals surface area (Å²) in [6, 6.07) is 15.3. The predicted octanol–water partition coefficient (Wildman–Crippen LogP) is 2.19. The lowest BCUT2D eigenvalue weighted by molar-refractivity contribution is -0.145. The van der Waals surface area contributed by atoms with E-state index < -0.39 is 36.2 Å². The first kappa shape index (κ1) is 29.0. The zero-order valence-corrected chi connectivity index (χ0v) is 20.7. The smallest absolute Gasteiger partial charge is 0.305 e. The van der Waals surface area contributed by atoms with E-state index in [1.54, 1.807) is 12.1 Å². The number of carbonyl (C=O) groups excluding carboxylic acids is 2. The van der Waals surface area contributed by atoms with Crippen molar-refractivity contribution in [1.29, 1.82) is 5.41 Å². The number of hydrogen-bond acceptors (Lipinski definition) is 5. The van der Waals surface area contributed by atoms with Crippen molar-refractivity contribution in [3.8, 4) is 0 Å². The number of rotatable bonds is 16. The molecule has 10 heteroatoms. The van der Waals surface area contributed by atoms with Crippen LogP contribution in [-0.2, 0) is 32.0 Å². The molecule has 0 aromatic heterocycles. The minimum atomic E-state index is -1.28. The van der Waals surface area contributed by atoms with E-state index in [0.29, 0.717) is 31.2 Å². The highest BCUT2D eigenvalue weighted by Crippen LogP contribution is 2.10. The monoisotopic (exact) mass is 510 g/mol. The number of carbonyl (C=O) groups is 4. The van der Waals surface area contributed by atoms with Crippen LogP contribution in [0, 0.1) is 5.41 Å². The molecule has 0 radical (unpaired) electrons. The molecule has 6 N–H and O–H groups in total. The van der Waals surface area contributed by atoms with E-state index in [4.69, 9.17) is 16.2 Å². The quantitative estimate of drug-likeness (QED) is 0.131. The van der Waals surface area contributed by atoms with Crippen molar-refractivity contribution in [2.75, 3.05) is 13.1 Å². The number of amidine groups is 1. The third-order valence-electron chi connectivity index (χ3n) is 5.82. The summed E-state index contributed by atoms with van der Waals surface area (Å²) in [5.74, 6) is -3.37. The molecule has 37 heavy (non-hydrogen) atoms. The van der Waals surface area contributed by atoms with Gasteiger partial charge in [0.1, 0.15) is 11.9 Å². The van der Waals surface area contributed by atoms with E-state index in [1.807, 2.05) is 42.5 Å². The third kappa shape index (κ3) is 10.9. The van der Waals surface area contributed by atoms with Gasteiger partial charge in [0.2, 0.25) is 11.8 Å². The maximum absolute atomic E-state index is 13.2. The van der Waals surface area contributed by atoms with Gasteiger partial charge in [0.25, 0.3) is 0 Å². The Morgan fingerprint density at radius 2 is 1.49 bits per heavy atom. The Morgan fingerprint density at radius 1 is 0.838 bits per heavy atom. The van der Waals surface area contributed by atoms with Crippen LogP contribution in [0.15, 0.2) is 54.6 Å². The lowest BCUT2D eigenvalue weighted by Gasteiger charge is -2.27. The molecule has 0 spiro atoms. The van der Waals surface area contributed by atoms with Crippen LogP contribution in [0.5, 0.6) is 0 Å². The summed E-state index contributed by atoms with van der Waals surface area (Å²) in [4.78, 5) is 49.5. The molecule has 0 saturated heterocycles. The Balaban J connectivity index is 1.93. The fourth-order valence-electron chi connectivity index (χ4n) is 3.80. The summed E-state index contributed by atoms with van der Waals surface area (Å²) >= 11 is 0. The standard InChI is InChI=1S/C27H34N4O6/c28-26(29)21-12-10-20(11-13-21)8-4-5-9-23(32)30-22(18-25(35)36)27(37)31(17-15-24(33)34)16-14-19-6-2-1-3-7-19/h1-3,6-7,10-13,22H,4-5,8-9,14-18H2,(H3,28,29)(H,30,32)(H,33,34)(H,35,36)/t22-/m0/s1. The maximum atomic E-state index is 13.2. The number of nitrogen functional groups attached to an aromatic ring is 1. The molecule has 0 heterocycles. The zero-order valence-electron chi connectivity index (χ0n) is 20.7. The first-order valence-electron chi connectivity index (χ1n) is 12.1. The highest BCUT2D eigenvalue weighted by atomic mass is 16.4. The average molecular weight is 511 g/mol. The van der Waals surface area contributed by atoms with Gasteiger partial charge >= 0.3 is 11.9 Å². The summed E-state index contributed by atoms with van der Waals surface area (Å²) in [6.07, 6.45) is 1.65. The van der Waals surface area contributed by atoms with Gasteiger partial charge < -0.3 is 26.2 Å². The van der Waals surface area contributed by atoms with E-state index >= 15 is 0 Å². The second kappa shape index (κ2) is 15.0. The van der Waals surface area contributed by atoms with Crippen molar-refractivity contribution in [3.05, 3.63) is 71.3 Å². The van der Waals surface area contributed by atoms with E-state index in [2.05, 4.69) is 5.32 Å². The largest absolute Gasteiger partial charge is 0.481 e. The fourth-order valence-corrected chi connectivity index (χ4v) is 3.80. The molecule has 2 aromatic carbocycles. The number of aliphatic carboxylic acids is 2. The number of carboxylic acid groups (broad SMARTS) is 2. The zero-order chi connectivity index (χ0) is 27.2. The van der Waals surface area contributed by atoms with Gasteiger partial charge in [-0.05, 0) is 36.8 Å². The van der Waals surface area contributed by atoms with Crippen LogP contribution < -0.4 is 11.1 Å². The summed E-state index contributed by atoms with van der Waals surface area (Å²) < 4.78 is 0. The number of amides is 2. The van der Waals surface area contributed by atoms with E-state index in [-0.39, 0.29) is 31.8 Å². The maximum Gasteiger partial charge on any atom is 0.305 e. The lowest BCUT2D eigenvalue weighted by Crippen LogP contribution is -2.50. The summed E-state index contributed by atoms with van der Waals surface area (Å²) in [5, 5.41) is 28.4. The van der Waals surface area contributed by atoms with Gasteiger partial charge in [-0.2, -0.15) is 0 Å². The molecule has 0 unspecified atom stereocenters. The van der Waals surface area contributed by atoms with Crippen molar-refractivity contribution in [3.63, 3.8) is 0 Å². The van der Waals surface area contributed by atoms with Gasteiger partial charge in [-0.3, -0.25) is 24.6 Å². The highest BCUT2D eigenvalue weighted by molar-refractivity contribution is 5.94. The minimum Gasteiger partial charge on any atom is -0.481 e. The number of aryl methyl sites for hydroxylation is 1. The van der Waals surface area contributed by atoms with Crippen LogP contribution >= 0.6 is 0 Å². The molecule has 0 aliphatic heterocycles. The highest BCUT2D eigenvalue weighted by Gasteiger charge is 2.28. The number of nitrogens with zero attached hydrogens (tertiary/aromatic N) is 1. The predicted molar refractivity (Wildman–Crippen MR) is 138 cm³/mol. The van der Waals surface area contributed by atoms with Gasteiger partial charge in [0.15, 0.2) is 0 Å². The van der Waals surface area contributed by atoms with Crippen LogP contribution in [0.1, 0.15) is 48.8 Å². The van der Waals surface area contributed by atoms with E-state index in [0.717, 1.165) is 11.1 Å². The van der Waals surface area contributed by atoms with Gasteiger partial charge in [-0.15, -0.1) is 0 Å². The minimum absolute atomic E-state index is 0.00438. The Bertz CT molecular complexity index is 1070. The number of hydrogen-bond donors (Lipinski definition) is 5. The Kier molecular flexibility index (Phi) is 11.8. The van der Waals surface area contributed by atoms with Crippen molar-refractivity contribution < 1.29 is 29.4 Å². The summed E-state index contributed by atoms with van der Waals surface area (Å²) in [6.45, 7) is 0.111. The topological polar surface area (TPSA) is 174 Å². The van der Waals surface area contributed by atoms with Crippen LogP contribution in [-0.4, -0.2) is 63.8 Å². The second-order valence-corrected chi connectivity index (χ2v) is 8.74. The third-order valence-corrected chi connectivity index (χ3v) is 5.82. The lowest BCUT2D eigenvalue weighted by atomic mass is 10.0. The van der Waals surface area contributed by atoms with Crippen molar-refractivity contribution >= 4 is 29.6 Å². The normalized spacial score (nSPS) is 11.4. The fraction of sp³-hybridized carbons (Fsp3) is 0.370. The Hall–Kier alpha value is -4.21. The number of nitrogens with one attached hydrogen (secondary N) is 2.